The van der Waals surface area contributed by atoms with Gasteiger partial charge < -0.3 is 10.1 Å². The van der Waals surface area contributed by atoms with Gasteiger partial charge in [-0.05, 0) is 30.3 Å². The number of hydrogen-bond donors (Lipinski definition) is 1. The Kier molecular flexibility index (Phi) is 5.72. The van der Waals surface area contributed by atoms with Gasteiger partial charge in [-0.1, -0.05) is 66.2 Å². The fraction of sp³-hybridized carbons (Fsp3) is 0.0417. The van der Waals surface area contributed by atoms with Gasteiger partial charge in [0.05, 0.1) is 16.8 Å². The summed E-state index contributed by atoms with van der Waals surface area (Å²) in [5.41, 5.74) is 2.85. The SMILES string of the molecule is O=C(COC(=O)c1cc(-c2ccccc2Cl)nc2ccccc12)Nc1ccccc1. The summed E-state index contributed by atoms with van der Waals surface area (Å²) in [4.78, 5) is 29.6. The first kappa shape index (κ1) is 19.6. The highest BCUT2D eigenvalue weighted by Crippen LogP contribution is 2.30. The van der Waals surface area contributed by atoms with Crippen LogP contribution < -0.4 is 5.32 Å². The Morgan fingerprint density at radius 3 is 2.40 bits per heavy atom. The minimum absolute atomic E-state index is 0.322. The van der Waals surface area contributed by atoms with E-state index in [1.54, 1.807) is 42.5 Å². The summed E-state index contributed by atoms with van der Waals surface area (Å²) < 4.78 is 5.28. The van der Waals surface area contributed by atoms with Crippen molar-refractivity contribution in [2.75, 3.05) is 11.9 Å². The van der Waals surface area contributed by atoms with Crippen molar-refractivity contribution in [1.29, 1.82) is 0 Å². The molecule has 6 heteroatoms. The van der Waals surface area contributed by atoms with Crippen LogP contribution in [0.25, 0.3) is 22.2 Å². The van der Waals surface area contributed by atoms with Gasteiger partial charge in [0.15, 0.2) is 6.61 Å². The molecule has 0 aliphatic carbocycles. The molecule has 0 bridgehead atoms. The molecule has 4 rings (SSSR count). The average molecular weight is 417 g/mol. The third kappa shape index (κ3) is 4.31. The minimum Gasteiger partial charge on any atom is -0.452 e. The number of carbonyl (C=O) groups excluding carboxylic acids is 2. The lowest BCUT2D eigenvalue weighted by atomic mass is 10.0. The van der Waals surface area contributed by atoms with Crippen LogP contribution in [0.3, 0.4) is 0 Å². The van der Waals surface area contributed by atoms with E-state index >= 15 is 0 Å². The molecular weight excluding hydrogens is 400 g/mol. The third-order valence-electron chi connectivity index (χ3n) is 4.48. The zero-order valence-electron chi connectivity index (χ0n) is 15.8. The number of aromatic nitrogens is 1. The number of esters is 1. The zero-order chi connectivity index (χ0) is 20.9. The van der Waals surface area contributed by atoms with Crippen LogP contribution in [0.15, 0.2) is 84.9 Å². The van der Waals surface area contributed by atoms with Crippen LogP contribution in [-0.4, -0.2) is 23.5 Å². The molecule has 0 spiro atoms. The smallest absolute Gasteiger partial charge is 0.339 e. The molecule has 1 amide bonds. The molecule has 148 valence electrons. The van der Waals surface area contributed by atoms with Gasteiger partial charge in [-0.25, -0.2) is 9.78 Å². The molecule has 0 unspecified atom stereocenters. The van der Waals surface area contributed by atoms with Gasteiger partial charge in [-0.3, -0.25) is 4.79 Å². The van der Waals surface area contributed by atoms with Crippen LogP contribution in [0.2, 0.25) is 5.02 Å². The van der Waals surface area contributed by atoms with E-state index in [0.717, 1.165) is 0 Å². The van der Waals surface area contributed by atoms with Gasteiger partial charge in [-0.2, -0.15) is 0 Å². The fourth-order valence-electron chi connectivity index (χ4n) is 3.08. The summed E-state index contributed by atoms with van der Waals surface area (Å²) in [5, 5.41) is 3.85. The highest BCUT2D eigenvalue weighted by molar-refractivity contribution is 6.33. The molecule has 0 saturated carbocycles. The Labute approximate surface area is 178 Å². The molecule has 30 heavy (non-hydrogen) atoms. The second-order valence-corrected chi connectivity index (χ2v) is 6.95. The summed E-state index contributed by atoms with van der Waals surface area (Å²) in [6.07, 6.45) is 0. The van der Waals surface area contributed by atoms with E-state index in [4.69, 9.17) is 16.3 Å². The molecule has 5 nitrogen and oxygen atoms in total. The van der Waals surface area contributed by atoms with Crippen molar-refractivity contribution in [3.63, 3.8) is 0 Å². The first-order valence-electron chi connectivity index (χ1n) is 9.28. The summed E-state index contributed by atoms with van der Waals surface area (Å²) >= 11 is 6.31. The monoisotopic (exact) mass is 416 g/mol. The van der Waals surface area contributed by atoms with Gasteiger partial charge in [0.2, 0.25) is 0 Å². The maximum Gasteiger partial charge on any atom is 0.339 e. The summed E-state index contributed by atoms with van der Waals surface area (Å²) in [5.74, 6) is -1.02. The van der Waals surface area contributed by atoms with Gasteiger partial charge >= 0.3 is 5.97 Å². The number of rotatable bonds is 5. The molecule has 0 aliphatic rings. The van der Waals surface area contributed by atoms with E-state index < -0.39 is 18.5 Å². The molecule has 1 N–H and O–H groups in total. The first-order chi connectivity index (χ1) is 14.6. The van der Waals surface area contributed by atoms with E-state index in [2.05, 4.69) is 10.3 Å². The molecule has 0 fully saturated rings. The topological polar surface area (TPSA) is 68.3 Å². The number of pyridine rings is 1. The van der Waals surface area contributed by atoms with E-state index in [1.165, 1.54) is 0 Å². The highest BCUT2D eigenvalue weighted by Gasteiger charge is 2.17. The van der Waals surface area contributed by atoms with Gasteiger partial charge in [-0.15, -0.1) is 0 Å². The molecule has 4 aromatic rings. The zero-order valence-corrected chi connectivity index (χ0v) is 16.6. The summed E-state index contributed by atoms with van der Waals surface area (Å²) in [6.45, 7) is -0.397. The lowest BCUT2D eigenvalue weighted by Gasteiger charge is -2.11. The van der Waals surface area contributed by atoms with Crippen molar-refractivity contribution >= 4 is 40.1 Å². The maximum absolute atomic E-state index is 12.8. The quantitative estimate of drug-likeness (QED) is 0.445. The number of benzene rings is 3. The Morgan fingerprint density at radius 1 is 0.900 bits per heavy atom. The van der Waals surface area contributed by atoms with Crippen molar-refractivity contribution in [2.24, 2.45) is 0 Å². The third-order valence-corrected chi connectivity index (χ3v) is 4.81. The number of nitrogens with one attached hydrogen (secondary N) is 1. The molecule has 0 radical (unpaired) electrons. The number of amides is 1. The Bertz CT molecular complexity index is 1230. The predicted octanol–water partition coefficient (Wildman–Crippen LogP) is 5.35. The second-order valence-electron chi connectivity index (χ2n) is 6.54. The van der Waals surface area contributed by atoms with E-state index in [-0.39, 0.29) is 0 Å². The van der Waals surface area contributed by atoms with Gasteiger partial charge in [0.1, 0.15) is 0 Å². The van der Waals surface area contributed by atoms with E-state index in [1.807, 2.05) is 42.5 Å². The van der Waals surface area contributed by atoms with Gasteiger partial charge in [0.25, 0.3) is 5.91 Å². The molecule has 3 aromatic carbocycles. The molecule has 1 heterocycles. The Balaban J connectivity index is 1.60. The Hall–Kier alpha value is -3.70. The maximum atomic E-state index is 12.8. The summed E-state index contributed by atoms with van der Waals surface area (Å²) in [7, 11) is 0. The molecule has 1 aromatic heterocycles. The number of carbonyl (C=O) groups is 2. The average Bonchev–Trinajstić information content (AvgIpc) is 2.78. The largest absolute Gasteiger partial charge is 0.452 e. The van der Waals surface area contributed by atoms with Crippen LogP contribution in [-0.2, 0) is 9.53 Å². The number of halogens is 1. The number of para-hydroxylation sites is 2. The summed E-state index contributed by atoms with van der Waals surface area (Å²) in [6, 6.07) is 25.2. The molecule has 0 saturated heterocycles. The standard InChI is InChI=1S/C24H17ClN2O3/c25-20-12-6-4-11-18(20)22-14-19(17-10-5-7-13-21(17)27-22)24(29)30-15-23(28)26-16-8-2-1-3-9-16/h1-14H,15H2,(H,26,28). The van der Waals surface area contributed by atoms with Crippen LogP contribution >= 0.6 is 11.6 Å². The number of nitrogens with zero attached hydrogens (tertiary/aromatic N) is 1. The molecule has 0 atom stereocenters. The van der Waals surface area contributed by atoms with Crippen molar-refractivity contribution in [1.82, 2.24) is 4.98 Å². The van der Waals surface area contributed by atoms with Gasteiger partial charge in [0, 0.05) is 21.7 Å². The van der Waals surface area contributed by atoms with E-state index in [0.29, 0.717) is 38.4 Å². The predicted molar refractivity (Wildman–Crippen MR) is 118 cm³/mol. The van der Waals surface area contributed by atoms with Crippen LogP contribution in [0.5, 0.6) is 0 Å². The molecular formula is C24H17ClN2O3. The van der Waals surface area contributed by atoms with E-state index in [9.17, 15) is 9.59 Å². The lowest BCUT2D eigenvalue weighted by Crippen LogP contribution is -2.21. The number of ether oxygens (including phenoxy) is 1. The molecule has 0 aliphatic heterocycles. The fourth-order valence-corrected chi connectivity index (χ4v) is 3.31. The Morgan fingerprint density at radius 2 is 1.60 bits per heavy atom. The van der Waals surface area contributed by atoms with Crippen LogP contribution in [0, 0.1) is 0 Å². The van der Waals surface area contributed by atoms with Crippen molar-refractivity contribution in [3.05, 3.63) is 95.5 Å². The number of anilines is 1. The lowest BCUT2D eigenvalue weighted by molar-refractivity contribution is -0.119. The van der Waals surface area contributed by atoms with Crippen molar-refractivity contribution < 1.29 is 14.3 Å². The number of hydrogen-bond acceptors (Lipinski definition) is 4. The normalized spacial score (nSPS) is 10.6. The minimum atomic E-state index is -0.606. The van der Waals surface area contributed by atoms with Crippen LogP contribution in [0.4, 0.5) is 5.69 Å². The second kappa shape index (κ2) is 8.76. The van der Waals surface area contributed by atoms with Crippen LogP contribution in [0.1, 0.15) is 10.4 Å². The van der Waals surface area contributed by atoms with Crippen molar-refractivity contribution in [2.45, 2.75) is 0 Å². The number of fused-ring (bicyclic) bond motifs is 1. The van der Waals surface area contributed by atoms with Crippen molar-refractivity contribution in [3.8, 4) is 11.3 Å². The highest BCUT2D eigenvalue weighted by atomic mass is 35.5. The first-order valence-corrected chi connectivity index (χ1v) is 9.66.